The van der Waals surface area contributed by atoms with E-state index in [2.05, 4.69) is 10.4 Å². The molecule has 0 radical (unpaired) electrons. The van der Waals surface area contributed by atoms with Crippen LogP contribution in [-0.2, 0) is 18.3 Å². The van der Waals surface area contributed by atoms with Gasteiger partial charge in [0.1, 0.15) is 6.54 Å². The van der Waals surface area contributed by atoms with E-state index in [1.807, 2.05) is 37.4 Å². The molecule has 8 heteroatoms. The molecule has 0 spiro atoms. The molecule has 2 atom stereocenters. The molecule has 2 aromatic rings. The first-order chi connectivity index (χ1) is 13.2. The maximum absolute atomic E-state index is 13.1. The Kier molecular flexibility index (Phi) is 6.07. The molecule has 1 aliphatic heterocycles. The summed E-state index contributed by atoms with van der Waals surface area (Å²) in [4.78, 5) is 14.0. The summed E-state index contributed by atoms with van der Waals surface area (Å²) in [6.45, 7) is 1.69. The summed E-state index contributed by atoms with van der Waals surface area (Å²) in [7, 11) is 1.78. The molecule has 0 aliphatic carbocycles. The third kappa shape index (κ3) is 5.13. The predicted molar refractivity (Wildman–Crippen MR) is 99.8 cm³/mol. The highest BCUT2D eigenvalue weighted by Crippen LogP contribution is 2.30. The number of rotatable bonds is 6. The molecule has 1 aromatic carbocycles. The Morgan fingerprint density at radius 2 is 2.00 bits per heavy atom. The highest BCUT2D eigenvalue weighted by Gasteiger charge is 2.40. The average molecular weight is 394 g/mol. The molecule has 0 bridgehead atoms. The minimum absolute atomic E-state index is 0.0393. The van der Waals surface area contributed by atoms with Crippen molar-refractivity contribution >= 4 is 5.91 Å². The van der Waals surface area contributed by atoms with Gasteiger partial charge in [-0.25, -0.2) is 0 Å². The zero-order valence-electron chi connectivity index (χ0n) is 16.0. The van der Waals surface area contributed by atoms with Gasteiger partial charge in [-0.2, -0.15) is 18.3 Å². The SMILES string of the molecule is Cc1ccc(CCN(CC(F)(F)F)C(=O)[C@H]2CNC[C@@H]2c2cnn(C)c2)cc1. The number of carbonyl (C=O) groups is 1. The molecule has 3 rings (SSSR count). The molecule has 152 valence electrons. The minimum Gasteiger partial charge on any atom is -0.333 e. The van der Waals surface area contributed by atoms with Crippen molar-refractivity contribution < 1.29 is 18.0 Å². The first kappa shape index (κ1) is 20.4. The molecule has 1 amide bonds. The van der Waals surface area contributed by atoms with Gasteiger partial charge in [-0.15, -0.1) is 0 Å². The van der Waals surface area contributed by atoms with Crippen molar-refractivity contribution in [3.63, 3.8) is 0 Å². The monoisotopic (exact) mass is 394 g/mol. The number of nitrogens with one attached hydrogen (secondary N) is 1. The van der Waals surface area contributed by atoms with Crippen LogP contribution in [-0.4, -0.2) is 52.9 Å². The van der Waals surface area contributed by atoms with Crippen molar-refractivity contribution in [2.24, 2.45) is 13.0 Å². The van der Waals surface area contributed by atoms with Gasteiger partial charge in [0, 0.05) is 38.8 Å². The van der Waals surface area contributed by atoms with Crippen LogP contribution in [0.3, 0.4) is 0 Å². The molecule has 0 unspecified atom stereocenters. The normalized spacial score (nSPS) is 19.8. The van der Waals surface area contributed by atoms with E-state index >= 15 is 0 Å². The highest BCUT2D eigenvalue weighted by molar-refractivity contribution is 5.80. The largest absolute Gasteiger partial charge is 0.406 e. The van der Waals surface area contributed by atoms with Crippen molar-refractivity contribution in [2.45, 2.75) is 25.4 Å². The second kappa shape index (κ2) is 8.34. The van der Waals surface area contributed by atoms with E-state index in [4.69, 9.17) is 0 Å². The van der Waals surface area contributed by atoms with Crippen molar-refractivity contribution in [2.75, 3.05) is 26.2 Å². The van der Waals surface area contributed by atoms with Crippen LogP contribution < -0.4 is 5.32 Å². The van der Waals surface area contributed by atoms with Crippen LogP contribution >= 0.6 is 0 Å². The predicted octanol–water partition coefficient (Wildman–Crippen LogP) is 2.67. The highest BCUT2D eigenvalue weighted by atomic mass is 19.4. The molecule has 5 nitrogen and oxygen atoms in total. The molecule has 28 heavy (non-hydrogen) atoms. The van der Waals surface area contributed by atoms with Crippen molar-refractivity contribution in [3.05, 3.63) is 53.3 Å². The number of halogens is 3. The fraction of sp³-hybridized carbons (Fsp3) is 0.500. The van der Waals surface area contributed by atoms with Gasteiger partial charge in [-0.05, 0) is 24.5 Å². The molecule has 0 saturated carbocycles. The van der Waals surface area contributed by atoms with E-state index in [0.29, 0.717) is 19.5 Å². The topological polar surface area (TPSA) is 50.2 Å². The van der Waals surface area contributed by atoms with Crippen LogP contribution in [0, 0.1) is 12.8 Å². The molecule has 1 aromatic heterocycles. The Morgan fingerprint density at radius 1 is 1.29 bits per heavy atom. The first-order valence-corrected chi connectivity index (χ1v) is 9.33. The summed E-state index contributed by atoms with van der Waals surface area (Å²) in [6.07, 6.45) is -0.546. The number of aromatic nitrogens is 2. The number of carbonyl (C=O) groups excluding carboxylic acids is 1. The fourth-order valence-electron chi connectivity index (χ4n) is 3.66. The van der Waals surface area contributed by atoms with Gasteiger partial charge in [0.05, 0.1) is 12.1 Å². The van der Waals surface area contributed by atoms with Crippen molar-refractivity contribution in [3.8, 4) is 0 Å². The molecule has 1 aliphatic rings. The summed E-state index contributed by atoms with van der Waals surface area (Å²) in [5, 5.41) is 7.27. The van der Waals surface area contributed by atoms with E-state index in [1.54, 1.807) is 17.9 Å². The van der Waals surface area contributed by atoms with Crippen LogP contribution in [0.4, 0.5) is 13.2 Å². The summed E-state index contributed by atoms with van der Waals surface area (Å²) >= 11 is 0. The third-order valence-corrected chi connectivity index (χ3v) is 5.16. The second-order valence-corrected chi connectivity index (χ2v) is 7.43. The molecule has 1 fully saturated rings. The molecule has 1 N–H and O–H groups in total. The first-order valence-electron chi connectivity index (χ1n) is 9.33. The number of aryl methyl sites for hydroxylation is 2. The van der Waals surface area contributed by atoms with Crippen molar-refractivity contribution in [1.29, 1.82) is 0 Å². The van der Waals surface area contributed by atoms with Crippen LogP contribution in [0.1, 0.15) is 22.6 Å². The third-order valence-electron chi connectivity index (χ3n) is 5.16. The maximum Gasteiger partial charge on any atom is 0.406 e. The zero-order valence-corrected chi connectivity index (χ0v) is 16.0. The Bertz CT molecular complexity index is 801. The lowest BCUT2D eigenvalue weighted by Crippen LogP contribution is -2.44. The smallest absolute Gasteiger partial charge is 0.333 e. The average Bonchev–Trinajstić information content (AvgIpc) is 3.27. The second-order valence-electron chi connectivity index (χ2n) is 7.43. The van der Waals surface area contributed by atoms with Crippen LogP contribution in [0.5, 0.6) is 0 Å². The van der Waals surface area contributed by atoms with Gasteiger partial charge in [0.25, 0.3) is 0 Å². The van der Waals surface area contributed by atoms with Gasteiger partial charge in [0.2, 0.25) is 5.91 Å². The standard InChI is InChI=1S/C20H25F3N4O/c1-14-3-5-15(6-4-14)7-8-27(13-20(21,22)23)19(28)18-11-24-10-17(18)16-9-25-26(2)12-16/h3-6,9,12,17-18,24H,7-8,10-11,13H2,1-2H3/t17-,18+/m1/s1. The summed E-state index contributed by atoms with van der Waals surface area (Å²) < 4.78 is 41.0. The number of alkyl halides is 3. The Labute approximate surface area is 162 Å². The fourth-order valence-corrected chi connectivity index (χ4v) is 3.66. The zero-order chi connectivity index (χ0) is 20.3. The summed E-state index contributed by atoms with van der Waals surface area (Å²) in [5.74, 6) is -1.15. The summed E-state index contributed by atoms with van der Waals surface area (Å²) in [5.41, 5.74) is 2.87. The van der Waals surface area contributed by atoms with Crippen LogP contribution in [0.2, 0.25) is 0 Å². The van der Waals surface area contributed by atoms with Gasteiger partial charge in [0.15, 0.2) is 0 Å². The van der Waals surface area contributed by atoms with E-state index in [-0.39, 0.29) is 12.5 Å². The lowest BCUT2D eigenvalue weighted by molar-refractivity contribution is -0.163. The van der Waals surface area contributed by atoms with E-state index in [1.165, 1.54) is 0 Å². The quantitative estimate of drug-likeness (QED) is 0.820. The van der Waals surface area contributed by atoms with Crippen LogP contribution in [0.15, 0.2) is 36.7 Å². The molecular formula is C20H25F3N4O. The lowest BCUT2D eigenvalue weighted by atomic mass is 9.89. The van der Waals surface area contributed by atoms with Gasteiger partial charge in [-0.1, -0.05) is 29.8 Å². The molecule has 2 heterocycles. The van der Waals surface area contributed by atoms with Gasteiger partial charge in [-0.3, -0.25) is 9.48 Å². The molecule has 1 saturated heterocycles. The Hall–Kier alpha value is -2.35. The van der Waals surface area contributed by atoms with Crippen molar-refractivity contribution in [1.82, 2.24) is 20.0 Å². The number of benzene rings is 1. The summed E-state index contributed by atoms with van der Waals surface area (Å²) in [6, 6.07) is 7.62. The Balaban J connectivity index is 1.74. The maximum atomic E-state index is 13.1. The minimum atomic E-state index is -4.43. The van der Waals surface area contributed by atoms with E-state index in [0.717, 1.165) is 21.6 Å². The number of amides is 1. The molecular weight excluding hydrogens is 369 g/mol. The number of hydrogen-bond donors (Lipinski definition) is 1. The van der Waals surface area contributed by atoms with E-state index in [9.17, 15) is 18.0 Å². The Morgan fingerprint density at radius 3 is 2.61 bits per heavy atom. The van der Waals surface area contributed by atoms with Gasteiger partial charge >= 0.3 is 6.18 Å². The number of nitrogens with zero attached hydrogens (tertiary/aromatic N) is 3. The van der Waals surface area contributed by atoms with Gasteiger partial charge < -0.3 is 10.2 Å². The van der Waals surface area contributed by atoms with E-state index < -0.39 is 24.5 Å². The number of hydrogen-bond acceptors (Lipinski definition) is 3. The van der Waals surface area contributed by atoms with Crippen LogP contribution in [0.25, 0.3) is 0 Å². The lowest BCUT2D eigenvalue weighted by Gasteiger charge is -2.28.